The molecule has 3 nitrogen and oxygen atoms in total. The third-order valence-electron chi connectivity index (χ3n) is 4.44. The monoisotopic (exact) mass is 242 g/mol. The number of hydrogen-bond acceptors (Lipinski definition) is 3. The summed E-state index contributed by atoms with van der Waals surface area (Å²) in [5.74, 6) is 0.755. The Labute approximate surface area is 107 Å². The van der Waals surface area contributed by atoms with Crippen molar-refractivity contribution in [3.63, 3.8) is 0 Å². The van der Waals surface area contributed by atoms with Crippen molar-refractivity contribution in [1.82, 2.24) is 4.90 Å². The van der Waals surface area contributed by atoms with Crippen LogP contribution in [0.3, 0.4) is 0 Å². The summed E-state index contributed by atoms with van der Waals surface area (Å²) in [5, 5.41) is 0. The molecule has 17 heavy (non-hydrogen) atoms. The van der Waals surface area contributed by atoms with E-state index in [4.69, 9.17) is 10.5 Å². The zero-order valence-electron chi connectivity index (χ0n) is 11.9. The van der Waals surface area contributed by atoms with E-state index in [0.29, 0.717) is 0 Å². The Kier molecular flexibility index (Phi) is 6.45. The zero-order chi connectivity index (χ0) is 12.7. The molecule has 0 aliphatic carbocycles. The van der Waals surface area contributed by atoms with E-state index in [1.54, 1.807) is 7.11 Å². The van der Waals surface area contributed by atoms with Gasteiger partial charge in [-0.05, 0) is 44.7 Å². The molecule has 0 aromatic carbocycles. The standard InChI is InChI=1S/C14H30N2O/c1-4-8-14(5-2,12-15)16-9-6-13(7-10-16)11-17-3/h13H,4-12,15H2,1-3H3. The predicted molar refractivity (Wildman–Crippen MR) is 73.2 cm³/mol. The fourth-order valence-electron chi connectivity index (χ4n) is 3.21. The molecule has 2 N–H and O–H groups in total. The molecule has 1 aliphatic heterocycles. The molecule has 0 amide bonds. The summed E-state index contributed by atoms with van der Waals surface area (Å²) in [6.07, 6.45) is 6.16. The van der Waals surface area contributed by atoms with Crippen LogP contribution in [0.15, 0.2) is 0 Å². The van der Waals surface area contributed by atoms with Gasteiger partial charge in [0.1, 0.15) is 0 Å². The first-order chi connectivity index (χ1) is 8.22. The lowest BCUT2D eigenvalue weighted by Crippen LogP contribution is -2.56. The molecule has 102 valence electrons. The van der Waals surface area contributed by atoms with E-state index >= 15 is 0 Å². The minimum Gasteiger partial charge on any atom is -0.384 e. The SMILES string of the molecule is CCCC(CC)(CN)N1CCC(COC)CC1. The second kappa shape index (κ2) is 7.34. The van der Waals surface area contributed by atoms with E-state index in [2.05, 4.69) is 18.7 Å². The minimum absolute atomic E-state index is 0.257. The summed E-state index contributed by atoms with van der Waals surface area (Å²) >= 11 is 0. The molecule has 0 radical (unpaired) electrons. The Balaban J connectivity index is 2.54. The molecule has 1 rings (SSSR count). The molecule has 1 saturated heterocycles. The van der Waals surface area contributed by atoms with Crippen LogP contribution in [-0.2, 0) is 4.74 Å². The summed E-state index contributed by atoms with van der Waals surface area (Å²) in [6.45, 7) is 8.65. The van der Waals surface area contributed by atoms with Crippen molar-refractivity contribution in [2.24, 2.45) is 11.7 Å². The van der Waals surface area contributed by atoms with Crippen LogP contribution in [0.1, 0.15) is 46.0 Å². The Morgan fingerprint density at radius 1 is 1.29 bits per heavy atom. The zero-order valence-corrected chi connectivity index (χ0v) is 11.9. The molecule has 0 aromatic heterocycles. The maximum atomic E-state index is 6.06. The van der Waals surface area contributed by atoms with Crippen molar-refractivity contribution in [3.05, 3.63) is 0 Å². The van der Waals surface area contributed by atoms with Crippen LogP contribution in [-0.4, -0.2) is 43.8 Å². The van der Waals surface area contributed by atoms with E-state index in [1.165, 1.54) is 45.2 Å². The maximum Gasteiger partial charge on any atom is 0.0491 e. The van der Waals surface area contributed by atoms with Crippen LogP contribution in [0.5, 0.6) is 0 Å². The number of ether oxygens (including phenoxy) is 1. The summed E-state index contributed by atoms with van der Waals surface area (Å²) in [4.78, 5) is 2.64. The van der Waals surface area contributed by atoms with Gasteiger partial charge in [0.2, 0.25) is 0 Å². The van der Waals surface area contributed by atoms with Gasteiger partial charge in [0, 0.05) is 25.8 Å². The van der Waals surface area contributed by atoms with E-state index in [-0.39, 0.29) is 5.54 Å². The van der Waals surface area contributed by atoms with Gasteiger partial charge in [0.05, 0.1) is 0 Å². The molecule has 1 aliphatic rings. The first kappa shape index (κ1) is 14.9. The van der Waals surface area contributed by atoms with Crippen LogP contribution >= 0.6 is 0 Å². The number of likely N-dealkylation sites (tertiary alicyclic amines) is 1. The summed E-state index contributed by atoms with van der Waals surface area (Å²) < 4.78 is 5.26. The number of nitrogens with two attached hydrogens (primary N) is 1. The molecule has 0 bridgehead atoms. The Bertz CT molecular complexity index is 196. The first-order valence-corrected chi connectivity index (χ1v) is 7.16. The topological polar surface area (TPSA) is 38.5 Å². The van der Waals surface area contributed by atoms with Gasteiger partial charge in [-0.1, -0.05) is 20.3 Å². The number of nitrogens with zero attached hydrogens (tertiary/aromatic N) is 1. The second-order valence-corrected chi connectivity index (χ2v) is 5.42. The average molecular weight is 242 g/mol. The molecular formula is C14H30N2O. The van der Waals surface area contributed by atoms with Crippen molar-refractivity contribution < 1.29 is 4.74 Å². The highest BCUT2D eigenvalue weighted by Crippen LogP contribution is 2.29. The lowest BCUT2D eigenvalue weighted by atomic mass is 9.85. The van der Waals surface area contributed by atoms with Gasteiger partial charge in [0.25, 0.3) is 0 Å². The third kappa shape index (κ3) is 3.67. The highest BCUT2D eigenvalue weighted by Gasteiger charge is 2.35. The molecule has 1 unspecified atom stereocenters. The minimum atomic E-state index is 0.257. The first-order valence-electron chi connectivity index (χ1n) is 7.16. The van der Waals surface area contributed by atoms with E-state index < -0.39 is 0 Å². The van der Waals surface area contributed by atoms with Crippen molar-refractivity contribution in [1.29, 1.82) is 0 Å². The van der Waals surface area contributed by atoms with Gasteiger partial charge >= 0.3 is 0 Å². The lowest BCUT2D eigenvalue weighted by molar-refractivity contribution is 0.0259. The second-order valence-electron chi connectivity index (χ2n) is 5.42. The van der Waals surface area contributed by atoms with Gasteiger partial charge in [0.15, 0.2) is 0 Å². The van der Waals surface area contributed by atoms with Crippen LogP contribution in [0.4, 0.5) is 0 Å². The van der Waals surface area contributed by atoms with Gasteiger partial charge < -0.3 is 10.5 Å². The smallest absolute Gasteiger partial charge is 0.0491 e. The molecule has 1 fully saturated rings. The van der Waals surface area contributed by atoms with Crippen molar-refractivity contribution in [2.45, 2.75) is 51.5 Å². The Morgan fingerprint density at radius 2 is 1.94 bits per heavy atom. The summed E-state index contributed by atoms with van der Waals surface area (Å²) in [7, 11) is 1.81. The normalized spacial score (nSPS) is 22.6. The number of methoxy groups -OCH3 is 1. The largest absolute Gasteiger partial charge is 0.384 e. The fraction of sp³-hybridized carbons (Fsp3) is 1.00. The average Bonchev–Trinajstić information content (AvgIpc) is 2.38. The van der Waals surface area contributed by atoms with E-state index in [0.717, 1.165) is 19.1 Å². The molecule has 0 spiro atoms. The molecule has 0 aromatic rings. The van der Waals surface area contributed by atoms with Gasteiger partial charge in [-0.2, -0.15) is 0 Å². The van der Waals surface area contributed by atoms with Gasteiger partial charge in [-0.25, -0.2) is 0 Å². The molecule has 1 atom stereocenters. The quantitative estimate of drug-likeness (QED) is 0.744. The number of piperidine rings is 1. The van der Waals surface area contributed by atoms with Crippen molar-refractivity contribution in [2.75, 3.05) is 33.4 Å². The summed E-state index contributed by atoms with van der Waals surface area (Å²) in [5.41, 5.74) is 6.32. The third-order valence-corrected chi connectivity index (χ3v) is 4.44. The Morgan fingerprint density at radius 3 is 2.35 bits per heavy atom. The van der Waals surface area contributed by atoms with Crippen molar-refractivity contribution in [3.8, 4) is 0 Å². The van der Waals surface area contributed by atoms with Gasteiger partial charge in [-0.15, -0.1) is 0 Å². The Hall–Kier alpha value is -0.120. The highest BCUT2D eigenvalue weighted by molar-refractivity contribution is 4.92. The van der Waals surface area contributed by atoms with Crippen LogP contribution < -0.4 is 5.73 Å². The van der Waals surface area contributed by atoms with Crippen LogP contribution in [0.2, 0.25) is 0 Å². The maximum absolute atomic E-state index is 6.06. The lowest BCUT2D eigenvalue weighted by Gasteiger charge is -2.46. The molecule has 0 saturated carbocycles. The van der Waals surface area contributed by atoms with Crippen LogP contribution in [0, 0.1) is 5.92 Å². The number of hydrogen-bond donors (Lipinski definition) is 1. The van der Waals surface area contributed by atoms with Crippen LogP contribution in [0.25, 0.3) is 0 Å². The van der Waals surface area contributed by atoms with Crippen molar-refractivity contribution >= 4 is 0 Å². The highest BCUT2D eigenvalue weighted by atomic mass is 16.5. The molecule has 3 heteroatoms. The fourth-order valence-corrected chi connectivity index (χ4v) is 3.21. The molecular weight excluding hydrogens is 212 g/mol. The molecule has 1 heterocycles. The van der Waals surface area contributed by atoms with E-state index in [1.807, 2.05) is 0 Å². The predicted octanol–water partition coefficient (Wildman–Crippen LogP) is 2.25. The van der Waals surface area contributed by atoms with Gasteiger partial charge in [-0.3, -0.25) is 4.90 Å². The number of rotatable bonds is 7. The summed E-state index contributed by atoms with van der Waals surface area (Å²) in [6, 6.07) is 0. The van der Waals surface area contributed by atoms with E-state index in [9.17, 15) is 0 Å².